The highest BCUT2D eigenvalue weighted by molar-refractivity contribution is 7.10. The summed E-state index contributed by atoms with van der Waals surface area (Å²) in [5.74, 6) is -0.968. The quantitative estimate of drug-likeness (QED) is 0.282. The number of likely N-dealkylation sites (tertiary alicyclic amines) is 1. The van der Waals surface area contributed by atoms with Crippen LogP contribution in [0.2, 0.25) is 0 Å². The first-order chi connectivity index (χ1) is 14.1. The van der Waals surface area contributed by atoms with E-state index in [4.69, 9.17) is 14.6 Å². The van der Waals surface area contributed by atoms with Crippen LogP contribution < -0.4 is 4.74 Å². The molecular weight excluding hydrogens is 394 g/mol. The van der Waals surface area contributed by atoms with E-state index in [2.05, 4.69) is 0 Å². The predicted octanol–water partition coefficient (Wildman–Crippen LogP) is 2.58. The molecule has 0 bridgehead atoms. The molecule has 1 aliphatic heterocycles. The molecule has 1 aromatic heterocycles. The van der Waals surface area contributed by atoms with Gasteiger partial charge >= 0.3 is 0 Å². The molecule has 1 aliphatic rings. The van der Waals surface area contributed by atoms with E-state index < -0.39 is 17.7 Å². The topological polar surface area (TPSA) is 96.3 Å². The number of carbonyl (C=O) groups excluding carboxylic acids is 2. The normalized spacial score (nSPS) is 18.4. The number of thiophene rings is 1. The average Bonchev–Trinajstić information content (AvgIpc) is 3.34. The lowest BCUT2D eigenvalue weighted by atomic mass is 10.00. The summed E-state index contributed by atoms with van der Waals surface area (Å²) in [5.41, 5.74) is 0.494. The Hall–Kier alpha value is -2.68. The first-order valence-corrected chi connectivity index (χ1v) is 10.2. The monoisotopic (exact) mass is 417 g/mol. The van der Waals surface area contributed by atoms with Gasteiger partial charge in [-0.2, -0.15) is 0 Å². The zero-order chi connectivity index (χ0) is 20.8. The number of amides is 1. The molecule has 1 atom stereocenters. The summed E-state index contributed by atoms with van der Waals surface area (Å²) in [6.07, 6.45) is 0. The molecule has 0 aliphatic carbocycles. The van der Waals surface area contributed by atoms with Gasteiger partial charge in [0.1, 0.15) is 11.5 Å². The molecule has 1 amide bonds. The highest BCUT2D eigenvalue weighted by atomic mass is 32.1. The Morgan fingerprint density at radius 2 is 1.93 bits per heavy atom. The summed E-state index contributed by atoms with van der Waals surface area (Å²) in [7, 11) is 0. The molecule has 0 spiro atoms. The van der Waals surface area contributed by atoms with Crippen LogP contribution in [0.5, 0.6) is 5.75 Å². The van der Waals surface area contributed by atoms with Crippen molar-refractivity contribution in [2.24, 2.45) is 0 Å². The van der Waals surface area contributed by atoms with E-state index in [9.17, 15) is 14.7 Å². The summed E-state index contributed by atoms with van der Waals surface area (Å²) >= 11 is 1.40. The fraction of sp³-hybridized carbons (Fsp3) is 0.333. The number of hydrogen-bond donors (Lipinski definition) is 2. The maximum absolute atomic E-state index is 12.8. The van der Waals surface area contributed by atoms with Crippen LogP contribution in [-0.2, 0) is 14.3 Å². The van der Waals surface area contributed by atoms with Gasteiger partial charge in [-0.15, -0.1) is 11.3 Å². The van der Waals surface area contributed by atoms with Gasteiger partial charge in [0.05, 0.1) is 38.0 Å². The molecule has 1 saturated heterocycles. The number of benzene rings is 1. The van der Waals surface area contributed by atoms with Gasteiger partial charge in [-0.1, -0.05) is 6.07 Å². The van der Waals surface area contributed by atoms with Crippen molar-refractivity contribution in [1.29, 1.82) is 0 Å². The Bertz CT molecular complexity index is 875. The Kier molecular flexibility index (Phi) is 7.03. The van der Waals surface area contributed by atoms with Crippen LogP contribution in [0.15, 0.2) is 47.4 Å². The second-order valence-electron chi connectivity index (χ2n) is 6.30. The molecule has 3 rings (SSSR count). The zero-order valence-corrected chi connectivity index (χ0v) is 16.9. The summed E-state index contributed by atoms with van der Waals surface area (Å²) in [6.45, 7) is 2.78. The van der Waals surface area contributed by atoms with E-state index in [1.54, 1.807) is 24.3 Å². The molecule has 154 valence electrons. The highest BCUT2D eigenvalue weighted by Crippen LogP contribution is 2.40. The minimum absolute atomic E-state index is 0.0590. The lowest BCUT2D eigenvalue weighted by Crippen LogP contribution is -2.32. The Morgan fingerprint density at radius 1 is 1.17 bits per heavy atom. The van der Waals surface area contributed by atoms with E-state index in [0.717, 1.165) is 4.88 Å². The average molecular weight is 417 g/mol. The number of rotatable bonds is 9. The van der Waals surface area contributed by atoms with Crippen LogP contribution in [0.4, 0.5) is 0 Å². The summed E-state index contributed by atoms with van der Waals surface area (Å²) in [4.78, 5) is 27.6. The lowest BCUT2D eigenvalue weighted by Gasteiger charge is -2.24. The van der Waals surface area contributed by atoms with Crippen molar-refractivity contribution >= 4 is 28.8 Å². The summed E-state index contributed by atoms with van der Waals surface area (Å²) < 4.78 is 10.7. The van der Waals surface area contributed by atoms with Crippen molar-refractivity contribution in [1.82, 2.24) is 4.90 Å². The number of ether oxygens (including phenoxy) is 2. The van der Waals surface area contributed by atoms with Gasteiger partial charge in [-0.25, -0.2) is 0 Å². The van der Waals surface area contributed by atoms with Crippen LogP contribution in [-0.4, -0.2) is 59.8 Å². The smallest absolute Gasteiger partial charge is 0.295 e. The molecule has 0 saturated carbocycles. The number of ketones is 1. The van der Waals surface area contributed by atoms with Gasteiger partial charge < -0.3 is 24.6 Å². The standard InChI is InChI=1S/C21H23NO6S/c1-2-28-15-7-5-14(6-8-15)19(24)17-18(16-4-3-13-29-16)22(21(26)20(17)25)9-11-27-12-10-23/h3-8,13,18,23-24H,2,9-12H2,1H3/b19-17-. The molecule has 8 heteroatoms. The van der Waals surface area contributed by atoms with E-state index >= 15 is 0 Å². The van der Waals surface area contributed by atoms with E-state index in [1.807, 2.05) is 24.4 Å². The predicted molar refractivity (Wildman–Crippen MR) is 109 cm³/mol. The second-order valence-corrected chi connectivity index (χ2v) is 7.28. The molecule has 7 nitrogen and oxygen atoms in total. The third-order valence-electron chi connectivity index (χ3n) is 4.50. The SMILES string of the molecule is CCOc1ccc(/C(O)=C2/C(=O)C(=O)N(CCOCCO)C2c2cccs2)cc1. The van der Waals surface area contributed by atoms with E-state index in [-0.39, 0.29) is 37.7 Å². The van der Waals surface area contributed by atoms with Gasteiger partial charge in [0.15, 0.2) is 0 Å². The van der Waals surface area contributed by atoms with Crippen LogP contribution in [0.25, 0.3) is 5.76 Å². The maximum atomic E-state index is 12.8. The molecule has 2 N–H and O–H groups in total. The summed E-state index contributed by atoms with van der Waals surface area (Å²) in [5, 5.41) is 21.6. The molecular formula is C21H23NO6S. The molecule has 29 heavy (non-hydrogen) atoms. The lowest BCUT2D eigenvalue weighted by molar-refractivity contribution is -0.140. The van der Waals surface area contributed by atoms with Gasteiger partial charge in [0, 0.05) is 17.0 Å². The number of carbonyl (C=O) groups is 2. The minimum atomic E-state index is -0.725. The molecule has 0 radical (unpaired) electrons. The fourth-order valence-corrected chi connectivity index (χ4v) is 4.06. The van der Waals surface area contributed by atoms with Crippen molar-refractivity contribution in [2.75, 3.05) is 33.0 Å². The molecule has 1 aromatic carbocycles. The minimum Gasteiger partial charge on any atom is -0.507 e. The van der Waals surface area contributed by atoms with Crippen LogP contribution in [0, 0.1) is 0 Å². The first kappa shape index (κ1) is 21.0. The van der Waals surface area contributed by atoms with Crippen LogP contribution in [0.1, 0.15) is 23.4 Å². The van der Waals surface area contributed by atoms with Crippen LogP contribution in [0.3, 0.4) is 0 Å². The van der Waals surface area contributed by atoms with Crippen molar-refractivity contribution in [2.45, 2.75) is 13.0 Å². The molecule has 2 heterocycles. The molecule has 2 aromatic rings. The first-order valence-electron chi connectivity index (χ1n) is 9.32. The van der Waals surface area contributed by atoms with E-state index in [0.29, 0.717) is 17.9 Å². The Morgan fingerprint density at radius 3 is 2.55 bits per heavy atom. The highest BCUT2D eigenvalue weighted by Gasteiger charge is 2.46. The Labute approximate surface area is 172 Å². The van der Waals surface area contributed by atoms with Crippen molar-refractivity contribution in [3.8, 4) is 5.75 Å². The van der Waals surface area contributed by atoms with Crippen molar-refractivity contribution in [3.05, 3.63) is 57.8 Å². The molecule has 1 unspecified atom stereocenters. The fourth-order valence-electron chi connectivity index (χ4n) is 3.21. The maximum Gasteiger partial charge on any atom is 0.295 e. The molecule has 1 fully saturated rings. The number of nitrogens with zero attached hydrogens (tertiary/aromatic N) is 1. The number of aliphatic hydroxyl groups excluding tert-OH is 2. The third-order valence-corrected chi connectivity index (χ3v) is 5.43. The van der Waals surface area contributed by atoms with Crippen molar-refractivity contribution < 1.29 is 29.3 Å². The number of hydrogen-bond acceptors (Lipinski definition) is 7. The largest absolute Gasteiger partial charge is 0.507 e. The van der Waals surface area contributed by atoms with Gasteiger partial charge in [0.25, 0.3) is 11.7 Å². The van der Waals surface area contributed by atoms with Gasteiger partial charge in [-0.05, 0) is 42.6 Å². The van der Waals surface area contributed by atoms with Crippen molar-refractivity contribution in [3.63, 3.8) is 0 Å². The number of aliphatic hydroxyl groups is 2. The van der Waals surface area contributed by atoms with Gasteiger partial charge in [0.2, 0.25) is 0 Å². The zero-order valence-electron chi connectivity index (χ0n) is 16.0. The van der Waals surface area contributed by atoms with Crippen LogP contribution >= 0.6 is 11.3 Å². The summed E-state index contributed by atoms with van der Waals surface area (Å²) in [6, 6.07) is 9.70. The van der Waals surface area contributed by atoms with E-state index in [1.165, 1.54) is 16.2 Å². The third kappa shape index (κ3) is 4.50. The van der Waals surface area contributed by atoms with Gasteiger partial charge in [-0.3, -0.25) is 9.59 Å². The Balaban J connectivity index is 1.97. The number of Topliss-reactive ketones (excluding diaryl/α,β-unsaturated/α-hetero) is 1. The second kappa shape index (κ2) is 9.69.